The van der Waals surface area contributed by atoms with Gasteiger partial charge in [-0.1, -0.05) is 29.8 Å². The molecule has 0 aliphatic carbocycles. The van der Waals surface area contributed by atoms with Crippen LogP contribution in [0, 0.1) is 25.2 Å². The molecule has 2 aromatic carbocycles. The SMILES string of the molecule is COc1cc(/C=C(/C#N)C(=O)Nn2c(C)ccc2C)ccc1OCc1ccc(Cl)cc1. The average molecular weight is 436 g/mol. The molecule has 1 amide bonds. The lowest BCUT2D eigenvalue weighted by atomic mass is 10.1. The van der Waals surface area contributed by atoms with Gasteiger partial charge in [0.25, 0.3) is 5.91 Å². The number of aromatic nitrogens is 1. The number of benzene rings is 2. The number of ether oxygens (including phenoxy) is 2. The number of carbonyl (C=O) groups is 1. The van der Waals surface area contributed by atoms with Gasteiger partial charge in [-0.25, -0.2) is 0 Å². The second-order valence-corrected chi connectivity index (χ2v) is 7.32. The molecule has 0 unspecified atom stereocenters. The average Bonchev–Trinajstić information content (AvgIpc) is 3.09. The number of rotatable bonds is 7. The summed E-state index contributed by atoms with van der Waals surface area (Å²) in [6.07, 6.45) is 1.51. The minimum absolute atomic E-state index is 0.0237. The Balaban J connectivity index is 1.76. The van der Waals surface area contributed by atoms with E-state index in [1.54, 1.807) is 35.0 Å². The van der Waals surface area contributed by atoms with Gasteiger partial charge in [0, 0.05) is 16.4 Å². The normalized spacial score (nSPS) is 11.0. The lowest BCUT2D eigenvalue weighted by molar-refractivity contribution is -0.113. The fourth-order valence-corrected chi connectivity index (χ4v) is 3.08. The molecule has 0 saturated carbocycles. The van der Waals surface area contributed by atoms with Crippen LogP contribution in [0.5, 0.6) is 11.5 Å². The molecule has 0 aliphatic heterocycles. The highest BCUT2D eigenvalue weighted by molar-refractivity contribution is 6.30. The van der Waals surface area contributed by atoms with E-state index in [1.807, 2.05) is 44.2 Å². The van der Waals surface area contributed by atoms with Crippen molar-refractivity contribution in [2.45, 2.75) is 20.5 Å². The first-order chi connectivity index (χ1) is 14.9. The molecule has 1 aromatic heterocycles. The van der Waals surface area contributed by atoms with Gasteiger partial charge < -0.3 is 9.47 Å². The van der Waals surface area contributed by atoms with Crippen molar-refractivity contribution in [1.82, 2.24) is 4.68 Å². The van der Waals surface area contributed by atoms with Gasteiger partial charge in [0.15, 0.2) is 11.5 Å². The van der Waals surface area contributed by atoms with E-state index in [1.165, 1.54) is 13.2 Å². The highest BCUT2D eigenvalue weighted by Crippen LogP contribution is 2.30. The number of nitriles is 1. The van der Waals surface area contributed by atoms with E-state index in [4.69, 9.17) is 21.1 Å². The van der Waals surface area contributed by atoms with Gasteiger partial charge in [-0.3, -0.25) is 14.9 Å². The third-order valence-electron chi connectivity index (χ3n) is 4.66. The first kappa shape index (κ1) is 22.0. The highest BCUT2D eigenvalue weighted by atomic mass is 35.5. The quantitative estimate of drug-likeness (QED) is 0.417. The van der Waals surface area contributed by atoms with E-state index >= 15 is 0 Å². The molecular formula is C24H22ClN3O3. The summed E-state index contributed by atoms with van der Waals surface area (Å²) >= 11 is 5.91. The van der Waals surface area contributed by atoms with Crippen LogP contribution in [-0.2, 0) is 11.4 Å². The van der Waals surface area contributed by atoms with E-state index in [0.29, 0.717) is 28.7 Å². The van der Waals surface area contributed by atoms with Crippen molar-refractivity contribution in [2.75, 3.05) is 12.5 Å². The topological polar surface area (TPSA) is 76.3 Å². The fourth-order valence-electron chi connectivity index (χ4n) is 2.96. The Labute approximate surface area is 186 Å². The maximum Gasteiger partial charge on any atom is 0.280 e. The first-order valence-corrected chi connectivity index (χ1v) is 9.92. The Hall–Kier alpha value is -3.69. The summed E-state index contributed by atoms with van der Waals surface area (Å²) in [5.41, 5.74) is 6.05. The Morgan fingerprint density at radius 2 is 1.77 bits per heavy atom. The lowest BCUT2D eigenvalue weighted by Gasteiger charge is -2.12. The molecule has 0 aliphatic rings. The van der Waals surface area contributed by atoms with E-state index < -0.39 is 5.91 Å². The van der Waals surface area contributed by atoms with Crippen LogP contribution in [0.25, 0.3) is 6.08 Å². The van der Waals surface area contributed by atoms with Crippen molar-refractivity contribution in [2.24, 2.45) is 0 Å². The van der Waals surface area contributed by atoms with Crippen molar-refractivity contribution in [3.63, 3.8) is 0 Å². The largest absolute Gasteiger partial charge is 0.493 e. The van der Waals surface area contributed by atoms with Gasteiger partial charge in [0.05, 0.1) is 7.11 Å². The number of carbonyl (C=O) groups excluding carboxylic acids is 1. The second kappa shape index (κ2) is 9.88. The summed E-state index contributed by atoms with van der Waals surface area (Å²) in [4.78, 5) is 12.6. The van der Waals surface area contributed by atoms with Crippen LogP contribution in [0.15, 0.2) is 60.2 Å². The van der Waals surface area contributed by atoms with Crippen LogP contribution < -0.4 is 14.9 Å². The van der Waals surface area contributed by atoms with E-state index in [2.05, 4.69) is 5.43 Å². The van der Waals surface area contributed by atoms with Crippen LogP contribution >= 0.6 is 11.6 Å². The molecule has 1 heterocycles. The summed E-state index contributed by atoms with van der Waals surface area (Å²) in [6.45, 7) is 4.09. The molecule has 0 saturated heterocycles. The number of nitrogens with zero attached hydrogens (tertiary/aromatic N) is 2. The molecule has 3 rings (SSSR count). The number of halogens is 1. The number of hydrogen-bond acceptors (Lipinski definition) is 4. The van der Waals surface area contributed by atoms with Crippen molar-refractivity contribution in [3.05, 3.63) is 87.7 Å². The molecule has 158 valence electrons. The number of aryl methyl sites for hydroxylation is 2. The minimum atomic E-state index is -0.494. The van der Waals surface area contributed by atoms with Crippen molar-refractivity contribution < 1.29 is 14.3 Å². The van der Waals surface area contributed by atoms with Gasteiger partial charge in [0.1, 0.15) is 18.2 Å². The Morgan fingerprint density at radius 3 is 2.39 bits per heavy atom. The molecule has 0 fully saturated rings. The molecule has 0 bridgehead atoms. The van der Waals surface area contributed by atoms with Crippen molar-refractivity contribution in [3.8, 4) is 17.6 Å². The summed E-state index contributed by atoms with van der Waals surface area (Å²) in [6, 6.07) is 18.3. The molecule has 6 nitrogen and oxygen atoms in total. The number of nitrogens with one attached hydrogen (secondary N) is 1. The van der Waals surface area contributed by atoms with Gasteiger partial charge in [0.2, 0.25) is 0 Å². The van der Waals surface area contributed by atoms with Crippen molar-refractivity contribution >= 4 is 23.6 Å². The van der Waals surface area contributed by atoms with Gasteiger partial charge in [-0.05, 0) is 67.4 Å². The molecular weight excluding hydrogens is 414 g/mol. The van der Waals surface area contributed by atoms with Gasteiger partial charge in [-0.2, -0.15) is 5.26 Å². The van der Waals surface area contributed by atoms with E-state index in [0.717, 1.165) is 17.0 Å². The van der Waals surface area contributed by atoms with Gasteiger partial charge in [-0.15, -0.1) is 0 Å². The second-order valence-electron chi connectivity index (χ2n) is 6.89. The first-order valence-electron chi connectivity index (χ1n) is 9.54. The Morgan fingerprint density at radius 1 is 1.10 bits per heavy atom. The predicted molar refractivity (Wildman–Crippen MR) is 121 cm³/mol. The third-order valence-corrected chi connectivity index (χ3v) is 4.91. The lowest BCUT2D eigenvalue weighted by Crippen LogP contribution is -2.25. The monoisotopic (exact) mass is 435 g/mol. The summed E-state index contributed by atoms with van der Waals surface area (Å²) in [5.74, 6) is 0.556. The minimum Gasteiger partial charge on any atom is -0.493 e. The van der Waals surface area contributed by atoms with Crippen LogP contribution in [-0.4, -0.2) is 17.7 Å². The molecule has 0 atom stereocenters. The standard InChI is InChI=1S/C24H22ClN3O3/c1-16-4-5-17(2)28(16)27-24(29)20(14-26)12-19-8-11-22(23(13-19)30-3)31-15-18-6-9-21(25)10-7-18/h4-13H,15H2,1-3H3,(H,27,29)/b20-12-. The zero-order valence-electron chi connectivity index (χ0n) is 17.5. The molecule has 0 spiro atoms. The summed E-state index contributed by atoms with van der Waals surface area (Å²) in [5, 5.41) is 10.1. The fraction of sp³-hybridized carbons (Fsp3) is 0.167. The maximum absolute atomic E-state index is 12.6. The molecule has 1 N–H and O–H groups in total. The van der Waals surface area contributed by atoms with Gasteiger partial charge >= 0.3 is 0 Å². The number of methoxy groups -OCH3 is 1. The molecule has 3 aromatic rings. The Kier molecular flexibility index (Phi) is 7.01. The molecule has 0 radical (unpaired) electrons. The zero-order chi connectivity index (χ0) is 22.4. The molecule has 31 heavy (non-hydrogen) atoms. The van der Waals surface area contributed by atoms with Crippen molar-refractivity contribution in [1.29, 1.82) is 5.26 Å². The van der Waals surface area contributed by atoms with E-state index in [-0.39, 0.29) is 5.57 Å². The molecule has 7 heteroatoms. The number of hydrogen-bond donors (Lipinski definition) is 1. The van der Waals surface area contributed by atoms with E-state index in [9.17, 15) is 10.1 Å². The van der Waals surface area contributed by atoms with Crippen LogP contribution in [0.3, 0.4) is 0 Å². The number of amides is 1. The van der Waals surface area contributed by atoms with Crippen LogP contribution in [0.1, 0.15) is 22.5 Å². The summed E-state index contributed by atoms with van der Waals surface area (Å²) in [7, 11) is 1.54. The zero-order valence-corrected chi connectivity index (χ0v) is 18.2. The highest BCUT2D eigenvalue weighted by Gasteiger charge is 2.13. The predicted octanol–water partition coefficient (Wildman–Crippen LogP) is 5.02. The Bertz CT molecular complexity index is 1140. The maximum atomic E-state index is 12.6. The smallest absolute Gasteiger partial charge is 0.280 e. The van der Waals surface area contributed by atoms with Crippen LogP contribution in [0.2, 0.25) is 5.02 Å². The van der Waals surface area contributed by atoms with Crippen LogP contribution in [0.4, 0.5) is 0 Å². The third kappa shape index (κ3) is 5.47. The summed E-state index contributed by atoms with van der Waals surface area (Å²) < 4.78 is 12.9.